The number of halogens is 2. The van der Waals surface area contributed by atoms with Crippen LogP contribution in [-0.2, 0) is 9.53 Å². The van der Waals surface area contributed by atoms with Crippen LogP contribution < -0.4 is 9.47 Å². The molecule has 2 aromatic rings. The summed E-state index contributed by atoms with van der Waals surface area (Å²) in [4.78, 5) is 12.1. The largest absolute Gasteiger partial charge is 0.496 e. The van der Waals surface area contributed by atoms with Gasteiger partial charge in [0.15, 0.2) is 0 Å². The minimum Gasteiger partial charge on any atom is -0.496 e. The predicted octanol–water partition coefficient (Wildman–Crippen LogP) is 4.47. The number of hydrazone groups is 1. The van der Waals surface area contributed by atoms with Crippen molar-refractivity contribution in [1.82, 2.24) is 5.01 Å². The number of benzene rings is 2. The molecule has 0 saturated carbocycles. The van der Waals surface area contributed by atoms with Crippen LogP contribution in [0.15, 0.2) is 50.4 Å². The van der Waals surface area contributed by atoms with Crippen LogP contribution in [0.25, 0.3) is 0 Å². The third kappa shape index (κ3) is 3.57. The second-order valence-electron chi connectivity index (χ2n) is 5.48. The number of nitrogens with zero attached hydrogens (tertiary/aromatic N) is 2. The molecular formula is C18H16Br2N2O4. The van der Waals surface area contributed by atoms with Crippen LogP contribution in [-0.4, -0.2) is 31.0 Å². The molecule has 1 aliphatic heterocycles. The summed E-state index contributed by atoms with van der Waals surface area (Å²) >= 11 is 6.89. The van der Waals surface area contributed by atoms with Crippen LogP contribution in [0.2, 0.25) is 0 Å². The van der Waals surface area contributed by atoms with Crippen LogP contribution in [0.5, 0.6) is 11.5 Å². The Morgan fingerprint density at radius 1 is 1.15 bits per heavy atom. The summed E-state index contributed by atoms with van der Waals surface area (Å²) < 4.78 is 18.4. The molecule has 0 aliphatic carbocycles. The number of methoxy groups -OCH3 is 2. The molecule has 136 valence electrons. The van der Waals surface area contributed by atoms with E-state index in [1.807, 2.05) is 24.3 Å². The Bertz CT molecular complexity index is 885. The van der Waals surface area contributed by atoms with Gasteiger partial charge in [-0.15, -0.1) is 5.10 Å². The van der Waals surface area contributed by atoms with Crippen molar-refractivity contribution in [1.29, 1.82) is 0 Å². The Kier molecular flexibility index (Phi) is 5.52. The normalized spacial score (nSPS) is 16.1. The monoisotopic (exact) mass is 482 g/mol. The van der Waals surface area contributed by atoms with Crippen LogP contribution in [0.4, 0.5) is 0 Å². The van der Waals surface area contributed by atoms with Gasteiger partial charge < -0.3 is 14.2 Å². The lowest BCUT2D eigenvalue weighted by molar-refractivity contribution is -0.135. The summed E-state index contributed by atoms with van der Waals surface area (Å²) in [7, 11) is 3.12. The summed E-state index contributed by atoms with van der Waals surface area (Å²) in [5, 5.41) is 5.66. The Morgan fingerprint density at radius 3 is 2.50 bits per heavy atom. The van der Waals surface area contributed by atoms with Gasteiger partial charge in [0, 0.05) is 23.0 Å². The highest BCUT2D eigenvalue weighted by Crippen LogP contribution is 2.40. The first-order valence-corrected chi connectivity index (χ1v) is 9.25. The molecule has 3 rings (SSSR count). The Hall–Kier alpha value is -2.06. The van der Waals surface area contributed by atoms with Gasteiger partial charge in [-0.1, -0.05) is 22.0 Å². The van der Waals surface area contributed by atoms with E-state index in [0.717, 1.165) is 14.5 Å². The highest BCUT2D eigenvalue weighted by molar-refractivity contribution is 9.10. The average Bonchev–Trinajstić information content (AvgIpc) is 3.07. The molecule has 0 aromatic heterocycles. The second-order valence-corrected chi connectivity index (χ2v) is 7.25. The lowest BCUT2D eigenvalue weighted by atomic mass is 10.1. The van der Waals surface area contributed by atoms with Crippen molar-refractivity contribution >= 4 is 43.7 Å². The molecule has 1 atom stereocenters. The van der Waals surface area contributed by atoms with E-state index in [-0.39, 0.29) is 5.91 Å². The van der Waals surface area contributed by atoms with Crippen molar-refractivity contribution in [2.45, 2.75) is 13.2 Å². The zero-order chi connectivity index (χ0) is 18.8. The zero-order valence-corrected chi connectivity index (χ0v) is 17.5. The summed E-state index contributed by atoms with van der Waals surface area (Å²) in [6.45, 7) is 1.44. The van der Waals surface area contributed by atoms with Crippen LogP contribution >= 0.6 is 31.9 Å². The molecule has 0 N–H and O–H groups in total. The minimum atomic E-state index is -0.737. The molecular weight excluding hydrogens is 468 g/mol. The number of hydrogen-bond acceptors (Lipinski definition) is 5. The van der Waals surface area contributed by atoms with Crippen molar-refractivity contribution < 1.29 is 19.0 Å². The lowest BCUT2D eigenvalue weighted by Gasteiger charge is -2.22. The molecule has 1 amide bonds. The number of ether oxygens (including phenoxy) is 3. The van der Waals surface area contributed by atoms with Crippen LogP contribution in [0.1, 0.15) is 24.3 Å². The van der Waals surface area contributed by atoms with Crippen LogP contribution in [0.3, 0.4) is 0 Å². The van der Waals surface area contributed by atoms with Gasteiger partial charge in [-0.2, -0.15) is 5.01 Å². The summed E-state index contributed by atoms with van der Waals surface area (Å²) in [5.74, 6) is 1.27. The predicted molar refractivity (Wildman–Crippen MR) is 104 cm³/mol. The summed E-state index contributed by atoms with van der Waals surface area (Å²) in [5.41, 5.74) is 1.42. The highest BCUT2D eigenvalue weighted by Gasteiger charge is 2.35. The SMILES string of the molecule is COc1cc(OC)c([C@H]2OC(c3cccc(Br)c3)=NN2C(C)=O)cc1Br. The molecule has 0 saturated heterocycles. The van der Waals surface area contributed by atoms with Crippen molar-refractivity contribution in [3.63, 3.8) is 0 Å². The first kappa shape index (κ1) is 18.7. The van der Waals surface area contributed by atoms with E-state index in [2.05, 4.69) is 37.0 Å². The number of rotatable bonds is 4. The molecule has 0 radical (unpaired) electrons. The van der Waals surface area contributed by atoms with Crippen molar-refractivity contribution in [3.8, 4) is 11.5 Å². The molecule has 6 nitrogen and oxygen atoms in total. The lowest BCUT2D eigenvalue weighted by Crippen LogP contribution is -2.25. The van der Waals surface area contributed by atoms with Crippen molar-refractivity contribution in [3.05, 3.63) is 56.5 Å². The van der Waals surface area contributed by atoms with E-state index in [1.54, 1.807) is 26.4 Å². The van der Waals surface area contributed by atoms with E-state index < -0.39 is 6.23 Å². The van der Waals surface area contributed by atoms with Gasteiger partial charge in [-0.3, -0.25) is 4.79 Å². The fraction of sp³-hybridized carbons (Fsp3) is 0.222. The van der Waals surface area contributed by atoms with Gasteiger partial charge in [-0.25, -0.2) is 0 Å². The molecule has 26 heavy (non-hydrogen) atoms. The van der Waals surface area contributed by atoms with Gasteiger partial charge >= 0.3 is 0 Å². The van der Waals surface area contributed by atoms with E-state index in [4.69, 9.17) is 14.2 Å². The van der Waals surface area contributed by atoms with Crippen molar-refractivity contribution in [2.24, 2.45) is 5.10 Å². The van der Waals surface area contributed by atoms with Crippen LogP contribution in [0, 0.1) is 0 Å². The maximum atomic E-state index is 12.1. The first-order chi connectivity index (χ1) is 12.4. The van der Waals surface area contributed by atoms with E-state index in [0.29, 0.717) is 23.0 Å². The van der Waals surface area contributed by atoms with E-state index in [9.17, 15) is 4.79 Å². The smallest absolute Gasteiger partial charge is 0.243 e. The van der Waals surface area contributed by atoms with Gasteiger partial charge in [0.05, 0.1) is 24.3 Å². The summed E-state index contributed by atoms with van der Waals surface area (Å²) in [6.07, 6.45) is -0.737. The molecule has 0 bridgehead atoms. The fourth-order valence-electron chi connectivity index (χ4n) is 2.58. The number of carbonyl (C=O) groups is 1. The topological polar surface area (TPSA) is 60.4 Å². The molecule has 1 heterocycles. The average molecular weight is 484 g/mol. The molecule has 2 aromatic carbocycles. The molecule has 0 fully saturated rings. The summed E-state index contributed by atoms with van der Waals surface area (Å²) in [6, 6.07) is 11.1. The van der Waals surface area contributed by atoms with Gasteiger partial charge in [0.2, 0.25) is 18.0 Å². The fourth-order valence-corrected chi connectivity index (χ4v) is 3.51. The van der Waals surface area contributed by atoms with Gasteiger partial charge in [0.25, 0.3) is 0 Å². The Labute approximate surface area is 168 Å². The van der Waals surface area contributed by atoms with Crippen molar-refractivity contribution in [2.75, 3.05) is 14.2 Å². The molecule has 8 heteroatoms. The third-order valence-corrected chi connectivity index (χ3v) is 4.92. The minimum absolute atomic E-state index is 0.242. The molecule has 1 aliphatic rings. The number of carbonyl (C=O) groups excluding carboxylic acids is 1. The van der Waals surface area contributed by atoms with E-state index in [1.165, 1.54) is 11.9 Å². The van der Waals surface area contributed by atoms with E-state index >= 15 is 0 Å². The maximum Gasteiger partial charge on any atom is 0.243 e. The first-order valence-electron chi connectivity index (χ1n) is 7.67. The Balaban J connectivity index is 2.03. The quantitative estimate of drug-likeness (QED) is 0.643. The third-order valence-electron chi connectivity index (χ3n) is 3.81. The number of hydrogen-bond donors (Lipinski definition) is 0. The molecule has 0 unspecified atom stereocenters. The van der Waals surface area contributed by atoms with Gasteiger partial charge in [0.1, 0.15) is 11.5 Å². The standard InChI is InChI=1S/C18H16Br2N2O4/c1-10(23)22-18(13-8-14(20)16(25-3)9-15(13)24-2)26-17(21-22)11-5-4-6-12(19)7-11/h4-9,18H,1-3H3/t18-/m1/s1. The Morgan fingerprint density at radius 2 is 1.88 bits per heavy atom. The van der Waals surface area contributed by atoms with Gasteiger partial charge in [-0.05, 0) is 40.2 Å². The highest BCUT2D eigenvalue weighted by atomic mass is 79.9. The maximum absolute atomic E-state index is 12.1. The molecule has 0 spiro atoms. The second kappa shape index (κ2) is 7.67. The number of amides is 1. The zero-order valence-electron chi connectivity index (χ0n) is 14.3.